The van der Waals surface area contributed by atoms with Gasteiger partial charge < -0.3 is 10.5 Å². The van der Waals surface area contributed by atoms with Crippen molar-refractivity contribution in [3.8, 4) is 5.75 Å². The molecule has 0 bridgehead atoms. The molecule has 21 heavy (non-hydrogen) atoms. The second-order valence-corrected chi connectivity index (χ2v) is 6.34. The third-order valence-electron chi connectivity index (χ3n) is 3.09. The average molecular weight is 306 g/mol. The fraction of sp³-hybridized carbons (Fsp3) is 0.231. The molecule has 0 aliphatic carbocycles. The Morgan fingerprint density at radius 3 is 2.76 bits per heavy atom. The monoisotopic (exact) mass is 306 g/mol. The quantitative estimate of drug-likeness (QED) is 0.825. The number of fused-ring (bicyclic) bond motifs is 1. The first kappa shape index (κ1) is 13.6. The molecule has 8 heteroatoms. The van der Waals surface area contributed by atoms with Gasteiger partial charge >= 0.3 is 0 Å². The van der Waals surface area contributed by atoms with Crippen molar-refractivity contribution in [2.45, 2.75) is 17.7 Å². The number of hydrogen-bond donors (Lipinski definition) is 2. The molecule has 0 amide bonds. The zero-order valence-corrected chi connectivity index (χ0v) is 11.9. The molecule has 1 aliphatic heterocycles. The van der Waals surface area contributed by atoms with E-state index in [0.717, 1.165) is 18.4 Å². The summed E-state index contributed by atoms with van der Waals surface area (Å²) < 4.78 is 33.0. The van der Waals surface area contributed by atoms with Crippen molar-refractivity contribution < 1.29 is 13.2 Å². The van der Waals surface area contributed by atoms with Crippen molar-refractivity contribution in [2.75, 3.05) is 17.1 Å². The second kappa shape index (κ2) is 5.21. The Bertz CT molecular complexity index is 762. The van der Waals surface area contributed by atoms with Crippen LogP contribution in [0.4, 0.5) is 11.4 Å². The van der Waals surface area contributed by atoms with Crippen molar-refractivity contribution in [1.82, 2.24) is 9.97 Å². The van der Waals surface area contributed by atoms with Crippen LogP contribution in [0.2, 0.25) is 0 Å². The van der Waals surface area contributed by atoms with Gasteiger partial charge in [-0.2, -0.15) is 0 Å². The number of rotatable bonds is 3. The first-order valence-electron chi connectivity index (χ1n) is 6.39. The number of nitrogens with one attached hydrogen (secondary N) is 1. The van der Waals surface area contributed by atoms with Gasteiger partial charge in [-0.05, 0) is 30.5 Å². The molecule has 0 saturated carbocycles. The zero-order valence-electron chi connectivity index (χ0n) is 11.1. The first-order valence-corrected chi connectivity index (χ1v) is 7.87. The van der Waals surface area contributed by atoms with Gasteiger partial charge in [-0.15, -0.1) is 0 Å². The van der Waals surface area contributed by atoms with Crippen LogP contribution in [0.15, 0.2) is 35.7 Å². The third-order valence-corrected chi connectivity index (χ3v) is 4.48. The topological polar surface area (TPSA) is 107 Å². The Kier molecular flexibility index (Phi) is 3.38. The molecule has 0 atom stereocenters. The lowest BCUT2D eigenvalue weighted by atomic mass is 10.1. The summed E-state index contributed by atoms with van der Waals surface area (Å²) >= 11 is 0. The summed E-state index contributed by atoms with van der Waals surface area (Å²) in [5.74, 6) is 0.375. The summed E-state index contributed by atoms with van der Waals surface area (Å²) in [6, 6.07) is 3.15. The minimum absolute atomic E-state index is 0.0426. The highest BCUT2D eigenvalue weighted by atomic mass is 32.2. The largest absolute Gasteiger partial charge is 0.492 e. The van der Waals surface area contributed by atoms with Crippen LogP contribution in [-0.2, 0) is 16.4 Å². The minimum Gasteiger partial charge on any atom is -0.492 e. The van der Waals surface area contributed by atoms with Gasteiger partial charge in [0.05, 0.1) is 24.7 Å². The van der Waals surface area contributed by atoms with E-state index in [-0.39, 0.29) is 10.6 Å². The molecule has 0 spiro atoms. The van der Waals surface area contributed by atoms with E-state index in [2.05, 4.69) is 14.7 Å². The molecule has 0 radical (unpaired) electrons. The summed E-state index contributed by atoms with van der Waals surface area (Å²) in [6.07, 6.45) is 5.67. The molecule has 1 aliphatic rings. The van der Waals surface area contributed by atoms with Crippen molar-refractivity contribution in [3.63, 3.8) is 0 Å². The van der Waals surface area contributed by atoms with Gasteiger partial charge in [-0.3, -0.25) is 4.72 Å². The molecule has 3 rings (SSSR count). The zero-order chi connectivity index (χ0) is 14.9. The van der Waals surface area contributed by atoms with Gasteiger partial charge in [0.1, 0.15) is 17.0 Å². The summed E-state index contributed by atoms with van der Waals surface area (Å²) in [5, 5.41) is 0. The molecule has 1 aromatic heterocycles. The Balaban J connectivity index is 2.05. The first-order chi connectivity index (χ1) is 10.1. The third kappa shape index (κ3) is 2.75. The molecule has 3 N–H and O–H groups in total. The number of anilines is 2. The van der Waals surface area contributed by atoms with Gasteiger partial charge in [0.25, 0.3) is 10.0 Å². The predicted octanol–water partition coefficient (Wildman–Crippen LogP) is 1.18. The number of benzene rings is 1. The highest BCUT2D eigenvalue weighted by Crippen LogP contribution is 2.35. The standard InChI is InChI=1S/C13H14N4O3S/c14-10-4-9-2-1-3-20-13(9)12(5-10)21(18,19)17-11-6-15-8-16-7-11/h4-8,17H,1-3,14H2. The predicted molar refractivity (Wildman–Crippen MR) is 77.5 cm³/mol. The Morgan fingerprint density at radius 1 is 1.24 bits per heavy atom. The number of nitrogens with zero attached hydrogens (tertiary/aromatic N) is 2. The van der Waals surface area contributed by atoms with E-state index in [9.17, 15) is 8.42 Å². The van der Waals surface area contributed by atoms with E-state index in [1.165, 1.54) is 24.8 Å². The Labute approximate surface area is 122 Å². The van der Waals surface area contributed by atoms with Crippen LogP contribution in [0.5, 0.6) is 5.75 Å². The van der Waals surface area contributed by atoms with Gasteiger partial charge in [-0.25, -0.2) is 18.4 Å². The SMILES string of the molecule is Nc1cc2c(c(S(=O)(=O)Nc3cncnc3)c1)OCCC2. The second-order valence-electron chi connectivity index (χ2n) is 4.69. The van der Waals surface area contributed by atoms with Gasteiger partial charge in [0, 0.05) is 5.69 Å². The fourth-order valence-electron chi connectivity index (χ4n) is 2.23. The van der Waals surface area contributed by atoms with Crippen molar-refractivity contribution in [3.05, 3.63) is 36.4 Å². The number of aromatic nitrogens is 2. The van der Waals surface area contributed by atoms with E-state index in [4.69, 9.17) is 10.5 Å². The highest BCUT2D eigenvalue weighted by molar-refractivity contribution is 7.92. The molecular formula is C13H14N4O3S. The summed E-state index contributed by atoms with van der Waals surface area (Å²) in [4.78, 5) is 7.59. The molecule has 0 unspecified atom stereocenters. The fourth-order valence-corrected chi connectivity index (χ4v) is 3.48. The number of ether oxygens (including phenoxy) is 1. The molecular weight excluding hydrogens is 292 g/mol. The maximum atomic E-state index is 12.5. The Morgan fingerprint density at radius 2 is 2.00 bits per heavy atom. The maximum Gasteiger partial charge on any atom is 0.265 e. The van der Waals surface area contributed by atoms with Crippen molar-refractivity contribution >= 4 is 21.4 Å². The van der Waals surface area contributed by atoms with Crippen LogP contribution < -0.4 is 15.2 Å². The Hall–Kier alpha value is -2.35. The van der Waals surface area contributed by atoms with Crippen LogP contribution in [0.3, 0.4) is 0 Å². The number of hydrogen-bond acceptors (Lipinski definition) is 6. The molecule has 2 heterocycles. The van der Waals surface area contributed by atoms with Crippen molar-refractivity contribution in [1.29, 1.82) is 0 Å². The van der Waals surface area contributed by atoms with Crippen LogP contribution in [0.25, 0.3) is 0 Å². The molecule has 2 aromatic rings. The maximum absolute atomic E-state index is 12.5. The van der Waals surface area contributed by atoms with Crippen LogP contribution >= 0.6 is 0 Å². The number of nitrogen functional groups attached to an aromatic ring is 1. The molecule has 1 aromatic carbocycles. The van der Waals surface area contributed by atoms with E-state index < -0.39 is 10.0 Å². The normalized spacial score (nSPS) is 14.1. The molecule has 0 fully saturated rings. The smallest absolute Gasteiger partial charge is 0.265 e. The summed E-state index contributed by atoms with van der Waals surface area (Å²) in [7, 11) is -3.81. The van der Waals surface area contributed by atoms with Crippen LogP contribution in [-0.4, -0.2) is 25.0 Å². The van der Waals surface area contributed by atoms with Gasteiger partial charge in [0.2, 0.25) is 0 Å². The number of sulfonamides is 1. The summed E-state index contributed by atoms with van der Waals surface area (Å²) in [6.45, 7) is 0.494. The summed E-state index contributed by atoms with van der Waals surface area (Å²) in [5.41, 5.74) is 7.29. The van der Waals surface area contributed by atoms with E-state index in [1.807, 2.05) is 0 Å². The van der Waals surface area contributed by atoms with E-state index in [1.54, 1.807) is 6.07 Å². The molecule has 110 valence electrons. The highest BCUT2D eigenvalue weighted by Gasteiger charge is 2.25. The number of nitrogens with two attached hydrogens (primary N) is 1. The average Bonchev–Trinajstić information content (AvgIpc) is 2.47. The number of aryl methyl sites for hydroxylation is 1. The lowest BCUT2D eigenvalue weighted by Gasteiger charge is -2.21. The molecule has 7 nitrogen and oxygen atoms in total. The van der Waals surface area contributed by atoms with Crippen LogP contribution in [0, 0.1) is 0 Å². The van der Waals surface area contributed by atoms with E-state index in [0.29, 0.717) is 18.0 Å². The van der Waals surface area contributed by atoms with Crippen molar-refractivity contribution in [2.24, 2.45) is 0 Å². The van der Waals surface area contributed by atoms with E-state index >= 15 is 0 Å². The lowest BCUT2D eigenvalue weighted by molar-refractivity contribution is 0.280. The minimum atomic E-state index is -3.81. The van der Waals surface area contributed by atoms with Crippen LogP contribution in [0.1, 0.15) is 12.0 Å². The lowest BCUT2D eigenvalue weighted by Crippen LogP contribution is -2.18. The van der Waals surface area contributed by atoms with Gasteiger partial charge in [0.15, 0.2) is 0 Å². The molecule has 0 saturated heterocycles. The van der Waals surface area contributed by atoms with Gasteiger partial charge in [-0.1, -0.05) is 0 Å².